The molecule has 2 heterocycles. The highest BCUT2D eigenvalue weighted by Gasteiger charge is 2.13. The van der Waals surface area contributed by atoms with Crippen LogP contribution in [0.2, 0.25) is 5.02 Å². The number of amides is 1. The van der Waals surface area contributed by atoms with Crippen molar-refractivity contribution in [2.24, 2.45) is 12.1 Å². The van der Waals surface area contributed by atoms with Crippen LogP contribution in [0.15, 0.2) is 59.0 Å². The Balaban J connectivity index is 1.56. The van der Waals surface area contributed by atoms with E-state index >= 15 is 0 Å². The van der Waals surface area contributed by atoms with Gasteiger partial charge < -0.3 is 4.57 Å². The van der Waals surface area contributed by atoms with E-state index in [1.807, 2.05) is 35.9 Å². The molecule has 0 aliphatic carbocycles. The molecule has 0 spiro atoms. The minimum Gasteiger partial charge on any atom is -0.305 e. The maximum Gasteiger partial charge on any atom is 0.250 e. The number of benzene rings is 1. The van der Waals surface area contributed by atoms with E-state index in [-0.39, 0.29) is 11.7 Å². The quantitative estimate of drug-likeness (QED) is 0.400. The van der Waals surface area contributed by atoms with Crippen molar-refractivity contribution in [3.8, 4) is 11.4 Å². The highest BCUT2D eigenvalue weighted by Crippen LogP contribution is 2.24. The van der Waals surface area contributed by atoms with Gasteiger partial charge in [0.2, 0.25) is 0 Å². The molecule has 0 saturated heterocycles. The number of nitrogens with zero attached hydrogens (tertiary/aromatic N) is 5. The number of hydrogen-bond acceptors (Lipinski definition) is 6. The lowest BCUT2D eigenvalue weighted by Gasteiger charge is -2.04. The highest BCUT2D eigenvalue weighted by atomic mass is 35.5. The molecule has 0 fully saturated rings. The first-order chi connectivity index (χ1) is 12.6. The highest BCUT2D eigenvalue weighted by molar-refractivity contribution is 7.99. The second-order valence-electron chi connectivity index (χ2n) is 5.24. The molecule has 3 rings (SSSR count). The average Bonchev–Trinajstić information content (AvgIpc) is 3.01. The number of rotatable bonds is 6. The third kappa shape index (κ3) is 4.68. The summed E-state index contributed by atoms with van der Waals surface area (Å²) >= 11 is 7.30. The predicted octanol–water partition coefficient (Wildman–Crippen LogP) is 2.77. The summed E-state index contributed by atoms with van der Waals surface area (Å²) in [6, 6.07) is 11.0. The zero-order valence-corrected chi connectivity index (χ0v) is 15.4. The van der Waals surface area contributed by atoms with E-state index in [1.165, 1.54) is 18.0 Å². The third-order valence-corrected chi connectivity index (χ3v) is 4.59. The number of aromatic nitrogens is 4. The number of carbonyl (C=O) groups is 1. The van der Waals surface area contributed by atoms with Crippen LogP contribution in [0.3, 0.4) is 0 Å². The van der Waals surface area contributed by atoms with Crippen molar-refractivity contribution in [2.45, 2.75) is 5.16 Å². The summed E-state index contributed by atoms with van der Waals surface area (Å²) in [6.07, 6.45) is 4.86. The number of hydrogen-bond donors (Lipinski definition) is 1. The smallest absolute Gasteiger partial charge is 0.250 e. The first-order valence-corrected chi connectivity index (χ1v) is 9.00. The Morgan fingerprint density at radius 1 is 1.35 bits per heavy atom. The first kappa shape index (κ1) is 18.1. The molecular weight excluding hydrogens is 372 g/mol. The van der Waals surface area contributed by atoms with Crippen LogP contribution in [0.1, 0.15) is 5.56 Å². The van der Waals surface area contributed by atoms with E-state index < -0.39 is 0 Å². The molecule has 1 aromatic carbocycles. The minimum atomic E-state index is -0.234. The van der Waals surface area contributed by atoms with Crippen molar-refractivity contribution in [3.05, 3.63) is 59.4 Å². The molecule has 0 aliphatic rings. The minimum absolute atomic E-state index is 0.173. The van der Waals surface area contributed by atoms with Gasteiger partial charge in [0.25, 0.3) is 5.91 Å². The van der Waals surface area contributed by atoms with Gasteiger partial charge in [0.15, 0.2) is 11.0 Å². The number of carbonyl (C=O) groups excluding carboxylic acids is 1. The van der Waals surface area contributed by atoms with Crippen LogP contribution in [-0.2, 0) is 11.8 Å². The molecule has 0 radical (unpaired) electrons. The molecule has 0 unspecified atom stereocenters. The number of hydrazone groups is 1. The van der Waals surface area contributed by atoms with Crippen molar-refractivity contribution < 1.29 is 4.79 Å². The maximum absolute atomic E-state index is 11.9. The number of thioether (sulfide) groups is 1. The predicted molar refractivity (Wildman–Crippen MR) is 102 cm³/mol. The molecule has 9 heteroatoms. The van der Waals surface area contributed by atoms with Gasteiger partial charge >= 0.3 is 0 Å². The Morgan fingerprint density at radius 3 is 3.00 bits per heavy atom. The van der Waals surface area contributed by atoms with Gasteiger partial charge in [-0.1, -0.05) is 41.6 Å². The number of nitrogens with one attached hydrogen (secondary N) is 1. The average molecular weight is 387 g/mol. The zero-order valence-electron chi connectivity index (χ0n) is 13.8. The van der Waals surface area contributed by atoms with Crippen LogP contribution < -0.4 is 5.43 Å². The summed E-state index contributed by atoms with van der Waals surface area (Å²) < 4.78 is 1.82. The van der Waals surface area contributed by atoms with Crippen molar-refractivity contribution in [1.29, 1.82) is 0 Å². The largest absolute Gasteiger partial charge is 0.305 e. The van der Waals surface area contributed by atoms with Gasteiger partial charge in [-0.3, -0.25) is 9.78 Å². The normalized spacial score (nSPS) is 11.0. The molecule has 1 amide bonds. The van der Waals surface area contributed by atoms with Gasteiger partial charge in [0.05, 0.1) is 12.0 Å². The fraction of sp³-hybridized carbons (Fsp3) is 0.118. The lowest BCUT2D eigenvalue weighted by atomic mass is 10.2. The van der Waals surface area contributed by atoms with Crippen LogP contribution in [0.25, 0.3) is 11.4 Å². The van der Waals surface area contributed by atoms with E-state index in [2.05, 4.69) is 25.7 Å². The van der Waals surface area contributed by atoms with E-state index in [4.69, 9.17) is 11.6 Å². The summed E-state index contributed by atoms with van der Waals surface area (Å²) in [5.74, 6) is 0.624. The summed E-state index contributed by atoms with van der Waals surface area (Å²) in [5.41, 5.74) is 4.14. The summed E-state index contributed by atoms with van der Waals surface area (Å²) in [5, 5.41) is 13.5. The van der Waals surface area contributed by atoms with Gasteiger partial charge in [0, 0.05) is 35.6 Å². The fourth-order valence-electron chi connectivity index (χ4n) is 2.11. The van der Waals surface area contributed by atoms with Crippen molar-refractivity contribution in [3.63, 3.8) is 0 Å². The van der Waals surface area contributed by atoms with Crippen molar-refractivity contribution in [2.75, 3.05) is 5.75 Å². The van der Waals surface area contributed by atoms with Crippen molar-refractivity contribution >= 4 is 35.5 Å². The molecule has 1 N–H and O–H groups in total. The molecule has 2 aromatic heterocycles. The Labute approximate surface area is 159 Å². The summed E-state index contributed by atoms with van der Waals surface area (Å²) in [4.78, 5) is 15.9. The Bertz CT molecular complexity index is 928. The monoisotopic (exact) mass is 386 g/mol. The standard InChI is InChI=1S/C17H15ClN6OS/c1-24-16(13-5-2-6-14(18)8-13)22-23-17(24)26-11-15(25)21-20-10-12-4-3-7-19-9-12/h2-10H,11H2,1H3,(H,21,25)/b20-10-. The van der Waals surface area contributed by atoms with Crippen LogP contribution in [0, 0.1) is 0 Å². The van der Waals surface area contributed by atoms with Gasteiger partial charge in [-0.25, -0.2) is 5.43 Å². The summed E-state index contributed by atoms with van der Waals surface area (Å²) in [6.45, 7) is 0. The summed E-state index contributed by atoms with van der Waals surface area (Å²) in [7, 11) is 1.84. The van der Waals surface area contributed by atoms with Crippen LogP contribution >= 0.6 is 23.4 Å². The maximum atomic E-state index is 11.9. The number of pyridine rings is 1. The molecule has 132 valence electrons. The fourth-order valence-corrected chi connectivity index (χ4v) is 3.01. The van der Waals surface area contributed by atoms with Gasteiger partial charge in [-0.15, -0.1) is 10.2 Å². The number of halogens is 1. The van der Waals surface area contributed by atoms with Gasteiger partial charge in [-0.2, -0.15) is 5.10 Å². The van der Waals surface area contributed by atoms with E-state index in [0.29, 0.717) is 16.0 Å². The van der Waals surface area contributed by atoms with Crippen molar-refractivity contribution in [1.82, 2.24) is 25.2 Å². The second kappa shape index (κ2) is 8.59. The van der Waals surface area contributed by atoms with E-state index in [9.17, 15) is 4.79 Å². The molecule has 3 aromatic rings. The lowest BCUT2D eigenvalue weighted by Crippen LogP contribution is -2.19. The lowest BCUT2D eigenvalue weighted by molar-refractivity contribution is -0.118. The topological polar surface area (TPSA) is 85.1 Å². The Hall–Kier alpha value is -2.71. The van der Waals surface area contributed by atoms with Crippen LogP contribution in [0.4, 0.5) is 0 Å². The van der Waals surface area contributed by atoms with Crippen LogP contribution in [0.5, 0.6) is 0 Å². The molecule has 0 aliphatic heterocycles. The van der Waals surface area contributed by atoms with Gasteiger partial charge in [-0.05, 0) is 18.2 Å². The second-order valence-corrected chi connectivity index (χ2v) is 6.62. The zero-order chi connectivity index (χ0) is 18.4. The molecule has 7 nitrogen and oxygen atoms in total. The Kier molecular flexibility index (Phi) is 5.98. The third-order valence-electron chi connectivity index (χ3n) is 3.34. The van der Waals surface area contributed by atoms with E-state index in [0.717, 1.165) is 11.1 Å². The molecular formula is C17H15ClN6OS. The molecule has 0 atom stereocenters. The molecule has 0 bridgehead atoms. The Morgan fingerprint density at radius 2 is 2.23 bits per heavy atom. The molecule has 26 heavy (non-hydrogen) atoms. The van der Waals surface area contributed by atoms with Gasteiger partial charge in [0.1, 0.15) is 0 Å². The first-order valence-electron chi connectivity index (χ1n) is 7.63. The molecule has 0 saturated carbocycles. The SMILES string of the molecule is Cn1c(SCC(=O)N/N=C\c2cccnc2)nnc1-c1cccc(Cl)c1. The van der Waals surface area contributed by atoms with E-state index in [1.54, 1.807) is 24.5 Å². The van der Waals surface area contributed by atoms with Crippen LogP contribution in [-0.4, -0.2) is 37.6 Å².